The average Bonchev–Trinajstić information content (AvgIpc) is 2.61. The summed E-state index contributed by atoms with van der Waals surface area (Å²) in [6, 6.07) is 8.68. The second-order valence-electron chi connectivity index (χ2n) is 3.73. The van der Waals surface area contributed by atoms with E-state index in [4.69, 9.17) is 10.2 Å². The molecule has 0 amide bonds. The van der Waals surface area contributed by atoms with Crippen molar-refractivity contribution in [2.75, 3.05) is 0 Å². The Morgan fingerprint density at radius 1 is 1.33 bits per heavy atom. The topological polar surface area (TPSA) is 39.2 Å². The molecule has 2 N–H and O–H groups in total. The van der Waals surface area contributed by atoms with Gasteiger partial charge in [0.25, 0.3) is 6.43 Å². The third-order valence-electron chi connectivity index (χ3n) is 2.41. The molecule has 1 aromatic heterocycles. The third-order valence-corrected chi connectivity index (χ3v) is 2.41. The van der Waals surface area contributed by atoms with Gasteiger partial charge in [-0.15, -0.1) is 0 Å². The van der Waals surface area contributed by atoms with Crippen LogP contribution in [0.1, 0.15) is 12.7 Å². The molecule has 1 heterocycles. The Labute approximate surface area is 85.7 Å². The number of rotatable bonds is 2. The van der Waals surface area contributed by atoms with Crippen molar-refractivity contribution in [3.63, 3.8) is 0 Å². The molecule has 0 saturated heterocycles. The normalized spacial score (nSPS) is 15.8. The Bertz CT molecular complexity index is 443. The number of furan rings is 1. The van der Waals surface area contributed by atoms with Crippen LogP contribution in [0.4, 0.5) is 8.78 Å². The van der Waals surface area contributed by atoms with Crippen LogP contribution in [0.3, 0.4) is 0 Å². The summed E-state index contributed by atoms with van der Waals surface area (Å²) in [5, 5.41) is 0.782. The highest BCUT2D eigenvalue weighted by atomic mass is 19.3. The van der Waals surface area contributed by atoms with Gasteiger partial charge in [0.2, 0.25) is 0 Å². The van der Waals surface area contributed by atoms with Gasteiger partial charge in [-0.2, -0.15) is 0 Å². The van der Waals surface area contributed by atoms with E-state index >= 15 is 0 Å². The number of para-hydroxylation sites is 1. The van der Waals surface area contributed by atoms with E-state index in [2.05, 4.69) is 0 Å². The van der Waals surface area contributed by atoms with Crippen LogP contribution in [0.25, 0.3) is 11.0 Å². The van der Waals surface area contributed by atoms with E-state index < -0.39 is 12.0 Å². The molecule has 1 aromatic carbocycles. The van der Waals surface area contributed by atoms with E-state index in [-0.39, 0.29) is 5.76 Å². The highest BCUT2D eigenvalue weighted by Gasteiger charge is 2.35. The Hall–Kier alpha value is -1.42. The molecule has 15 heavy (non-hydrogen) atoms. The zero-order valence-electron chi connectivity index (χ0n) is 8.21. The van der Waals surface area contributed by atoms with Gasteiger partial charge in [-0.3, -0.25) is 0 Å². The van der Waals surface area contributed by atoms with Gasteiger partial charge in [-0.05, 0) is 19.1 Å². The molecule has 0 aliphatic heterocycles. The molecule has 1 unspecified atom stereocenters. The molecule has 2 nitrogen and oxygen atoms in total. The molecule has 0 saturated carbocycles. The summed E-state index contributed by atoms with van der Waals surface area (Å²) in [7, 11) is 0. The van der Waals surface area contributed by atoms with Crippen molar-refractivity contribution in [3.05, 3.63) is 36.1 Å². The first-order valence-corrected chi connectivity index (χ1v) is 4.58. The summed E-state index contributed by atoms with van der Waals surface area (Å²) < 4.78 is 30.6. The molecule has 80 valence electrons. The molecule has 4 heteroatoms. The summed E-state index contributed by atoms with van der Waals surface area (Å²) in [5.74, 6) is 0.110. The van der Waals surface area contributed by atoms with Crippen LogP contribution in [-0.4, -0.2) is 6.43 Å². The standard InChI is InChI=1S/C11H11F2NO/c1-11(14,10(12)13)9-6-7-4-2-3-5-8(7)15-9/h2-6,10H,14H2,1H3. The predicted molar refractivity (Wildman–Crippen MR) is 53.8 cm³/mol. The van der Waals surface area contributed by atoms with Crippen LogP contribution in [0.5, 0.6) is 0 Å². The quantitative estimate of drug-likeness (QED) is 0.829. The maximum absolute atomic E-state index is 12.6. The van der Waals surface area contributed by atoms with E-state index in [1.54, 1.807) is 24.3 Å². The SMILES string of the molecule is CC(N)(c1cc2ccccc2o1)C(F)F. The van der Waals surface area contributed by atoms with Gasteiger partial charge in [0.05, 0.1) is 0 Å². The summed E-state index contributed by atoms with van der Waals surface area (Å²) in [4.78, 5) is 0. The van der Waals surface area contributed by atoms with Crippen LogP contribution in [0.2, 0.25) is 0 Å². The van der Waals surface area contributed by atoms with Crippen LogP contribution in [0, 0.1) is 0 Å². The molecule has 0 spiro atoms. The van der Waals surface area contributed by atoms with Crippen molar-refractivity contribution in [2.45, 2.75) is 18.9 Å². The Balaban J connectivity index is 2.53. The molecular formula is C11H11F2NO. The van der Waals surface area contributed by atoms with E-state index in [1.165, 1.54) is 6.92 Å². The number of fused-ring (bicyclic) bond motifs is 1. The molecular weight excluding hydrogens is 200 g/mol. The Morgan fingerprint density at radius 3 is 2.60 bits per heavy atom. The number of alkyl halides is 2. The van der Waals surface area contributed by atoms with E-state index in [0.29, 0.717) is 5.58 Å². The van der Waals surface area contributed by atoms with Gasteiger partial charge in [-0.25, -0.2) is 8.78 Å². The predicted octanol–water partition coefficient (Wildman–Crippen LogP) is 2.87. The Kier molecular flexibility index (Phi) is 2.23. The van der Waals surface area contributed by atoms with E-state index in [9.17, 15) is 8.78 Å². The minimum atomic E-state index is -2.65. The fraction of sp³-hybridized carbons (Fsp3) is 0.273. The summed E-state index contributed by atoms with van der Waals surface area (Å²) >= 11 is 0. The zero-order valence-corrected chi connectivity index (χ0v) is 8.21. The number of halogens is 2. The highest BCUT2D eigenvalue weighted by Crippen LogP contribution is 2.30. The molecule has 0 aliphatic rings. The van der Waals surface area contributed by atoms with Gasteiger partial charge >= 0.3 is 0 Å². The van der Waals surface area contributed by atoms with E-state index in [0.717, 1.165) is 5.39 Å². The number of nitrogens with two attached hydrogens (primary N) is 1. The van der Waals surface area contributed by atoms with Crippen molar-refractivity contribution in [1.29, 1.82) is 0 Å². The lowest BCUT2D eigenvalue weighted by Gasteiger charge is -2.20. The molecule has 0 aliphatic carbocycles. The van der Waals surface area contributed by atoms with Crippen LogP contribution < -0.4 is 5.73 Å². The van der Waals surface area contributed by atoms with Crippen molar-refractivity contribution >= 4 is 11.0 Å². The monoisotopic (exact) mass is 211 g/mol. The molecule has 0 radical (unpaired) electrons. The highest BCUT2D eigenvalue weighted by molar-refractivity contribution is 5.77. The lowest BCUT2D eigenvalue weighted by Crippen LogP contribution is -2.40. The van der Waals surface area contributed by atoms with Gasteiger partial charge in [-0.1, -0.05) is 18.2 Å². The van der Waals surface area contributed by atoms with Gasteiger partial charge in [0.1, 0.15) is 16.9 Å². The van der Waals surface area contributed by atoms with Crippen molar-refractivity contribution in [1.82, 2.24) is 0 Å². The van der Waals surface area contributed by atoms with Gasteiger partial charge < -0.3 is 10.2 Å². The average molecular weight is 211 g/mol. The zero-order chi connectivity index (χ0) is 11.1. The number of benzene rings is 1. The van der Waals surface area contributed by atoms with E-state index in [1.807, 2.05) is 6.07 Å². The fourth-order valence-electron chi connectivity index (χ4n) is 1.35. The number of hydrogen-bond donors (Lipinski definition) is 1. The molecule has 0 fully saturated rings. The van der Waals surface area contributed by atoms with Crippen LogP contribution in [0.15, 0.2) is 34.7 Å². The molecule has 2 aromatic rings. The number of hydrogen-bond acceptors (Lipinski definition) is 2. The first-order chi connectivity index (χ1) is 7.01. The largest absolute Gasteiger partial charge is 0.459 e. The maximum Gasteiger partial charge on any atom is 0.263 e. The fourth-order valence-corrected chi connectivity index (χ4v) is 1.35. The van der Waals surface area contributed by atoms with Crippen LogP contribution >= 0.6 is 0 Å². The molecule has 2 rings (SSSR count). The molecule has 1 atom stereocenters. The minimum Gasteiger partial charge on any atom is -0.459 e. The third kappa shape index (κ3) is 1.61. The first kappa shape index (κ1) is 10.1. The first-order valence-electron chi connectivity index (χ1n) is 4.58. The minimum absolute atomic E-state index is 0.110. The summed E-state index contributed by atoms with van der Waals surface area (Å²) in [5.41, 5.74) is 4.34. The van der Waals surface area contributed by atoms with Crippen molar-refractivity contribution in [2.24, 2.45) is 5.73 Å². The maximum atomic E-state index is 12.6. The van der Waals surface area contributed by atoms with Crippen LogP contribution in [-0.2, 0) is 5.54 Å². The van der Waals surface area contributed by atoms with Crippen molar-refractivity contribution in [3.8, 4) is 0 Å². The molecule has 0 bridgehead atoms. The van der Waals surface area contributed by atoms with Gasteiger partial charge in [0.15, 0.2) is 0 Å². The smallest absolute Gasteiger partial charge is 0.263 e. The second kappa shape index (κ2) is 3.31. The summed E-state index contributed by atoms with van der Waals surface area (Å²) in [6.07, 6.45) is -2.65. The summed E-state index contributed by atoms with van der Waals surface area (Å²) in [6.45, 7) is 1.26. The van der Waals surface area contributed by atoms with Gasteiger partial charge in [0, 0.05) is 5.39 Å². The lowest BCUT2D eigenvalue weighted by molar-refractivity contribution is 0.0510. The lowest BCUT2D eigenvalue weighted by atomic mass is 10.0. The van der Waals surface area contributed by atoms with Crippen molar-refractivity contribution < 1.29 is 13.2 Å². The Morgan fingerprint density at radius 2 is 2.00 bits per heavy atom. The second-order valence-corrected chi connectivity index (χ2v) is 3.73.